The number of carbonyl (C=O) groups is 1. The predicted molar refractivity (Wildman–Crippen MR) is 65.2 cm³/mol. The number of rotatable bonds is 4. The molecule has 1 aliphatic heterocycles. The summed E-state index contributed by atoms with van der Waals surface area (Å²) in [4.78, 5) is 11.7. The molecule has 0 aromatic heterocycles. The SMILES string of the molecule is CCOC(=O)C1=CC2(CCC1)OCC(C(O)CO)O2. The molecule has 2 rings (SSSR count). The van der Waals surface area contributed by atoms with Gasteiger partial charge in [0.15, 0.2) is 5.79 Å². The lowest BCUT2D eigenvalue weighted by Crippen LogP contribution is -2.36. The first kappa shape index (κ1) is 14.5. The quantitative estimate of drug-likeness (QED) is 0.707. The summed E-state index contributed by atoms with van der Waals surface area (Å²) in [5.41, 5.74) is 0.548. The average molecular weight is 272 g/mol. The molecule has 0 aromatic carbocycles. The van der Waals surface area contributed by atoms with Gasteiger partial charge in [-0.2, -0.15) is 0 Å². The minimum atomic E-state index is -0.972. The molecule has 0 radical (unpaired) electrons. The van der Waals surface area contributed by atoms with Gasteiger partial charge >= 0.3 is 5.97 Å². The van der Waals surface area contributed by atoms with E-state index in [1.807, 2.05) is 0 Å². The summed E-state index contributed by atoms with van der Waals surface area (Å²) < 4.78 is 16.3. The van der Waals surface area contributed by atoms with Crippen molar-refractivity contribution in [1.29, 1.82) is 0 Å². The highest BCUT2D eigenvalue weighted by atomic mass is 16.7. The summed E-state index contributed by atoms with van der Waals surface area (Å²) in [6.07, 6.45) is 2.14. The summed E-state index contributed by atoms with van der Waals surface area (Å²) in [5.74, 6) is -1.30. The van der Waals surface area contributed by atoms with Gasteiger partial charge in [-0.05, 0) is 25.8 Å². The van der Waals surface area contributed by atoms with Crippen LogP contribution in [-0.4, -0.2) is 54.0 Å². The van der Waals surface area contributed by atoms with Gasteiger partial charge in [0.2, 0.25) is 0 Å². The van der Waals surface area contributed by atoms with E-state index in [1.165, 1.54) is 0 Å². The standard InChI is InChI=1S/C13H20O6/c1-2-17-12(16)9-4-3-5-13(6-9)18-8-11(19-13)10(15)7-14/h6,10-11,14-15H,2-5,7-8H2,1H3. The maximum Gasteiger partial charge on any atom is 0.333 e. The number of esters is 1. The van der Waals surface area contributed by atoms with E-state index in [2.05, 4.69) is 0 Å². The van der Waals surface area contributed by atoms with Crippen molar-refractivity contribution in [2.45, 2.75) is 44.2 Å². The van der Waals surface area contributed by atoms with Gasteiger partial charge in [0, 0.05) is 12.0 Å². The maximum absolute atomic E-state index is 11.7. The maximum atomic E-state index is 11.7. The Balaban J connectivity index is 2.08. The summed E-state index contributed by atoms with van der Waals surface area (Å²) in [6.45, 7) is 1.91. The molecule has 0 amide bonds. The Morgan fingerprint density at radius 3 is 3.16 bits per heavy atom. The first-order valence-electron chi connectivity index (χ1n) is 6.60. The highest BCUT2D eigenvalue weighted by Gasteiger charge is 2.44. The van der Waals surface area contributed by atoms with Crippen molar-refractivity contribution in [3.63, 3.8) is 0 Å². The molecule has 0 bridgehead atoms. The van der Waals surface area contributed by atoms with E-state index in [9.17, 15) is 9.90 Å². The van der Waals surface area contributed by atoms with Gasteiger partial charge in [-0.15, -0.1) is 0 Å². The van der Waals surface area contributed by atoms with Crippen molar-refractivity contribution < 1.29 is 29.2 Å². The van der Waals surface area contributed by atoms with Gasteiger partial charge in [-0.25, -0.2) is 4.79 Å². The van der Waals surface area contributed by atoms with Gasteiger partial charge in [-0.3, -0.25) is 0 Å². The zero-order chi connectivity index (χ0) is 13.9. The third kappa shape index (κ3) is 3.14. The van der Waals surface area contributed by atoms with Crippen LogP contribution >= 0.6 is 0 Å². The lowest BCUT2D eigenvalue weighted by atomic mass is 9.94. The highest BCUT2D eigenvalue weighted by Crippen LogP contribution is 2.37. The minimum absolute atomic E-state index is 0.203. The number of ether oxygens (including phenoxy) is 3. The van der Waals surface area contributed by atoms with E-state index < -0.39 is 18.0 Å². The Morgan fingerprint density at radius 2 is 2.47 bits per heavy atom. The first-order chi connectivity index (χ1) is 9.10. The van der Waals surface area contributed by atoms with Crippen LogP contribution in [0.4, 0.5) is 0 Å². The molecule has 19 heavy (non-hydrogen) atoms. The van der Waals surface area contributed by atoms with Crippen molar-refractivity contribution in [2.75, 3.05) is 19.8 Å². The molecule has 1 spiro atoms. The summed E-state index contributed by atoms with van der Waals surface area (Å²) in [7, 11) is 0. The molecule has 1 aliphatic carbocycles. The molecule has 1 heterocycles. The van der Waals surface area contributed by atoms with E-state index >= 15 is 0 Å². The lowest BCUT2D eigenvalue weighted by molar-refractivity contribution is -0.156. The minimum Gasteiger partial charge on any atom is -0.463 e. The van der Waals surface area contributed by atoms with E-state index in [1.54, 1.807) is 13.0 Å². The largest absolute Gasteiger partial charge is 0.463 e. The Hall–Kier alpha value is -0.950. The van der Waals surface area contributed by atoms with Crippen molar-refractivity contribution >= 4 is 5.97 Å². The Bertz CT molecular complexity index is 366. The zero-order valence-corrected chi connectivity index (χ0v) is 11.0. The molecule has 3 unspecified atom stereocenters. The fraction of sp³-hybridized carbons (Fsp3) is 0.769. The molecule has 0 aromatic rings. The topological polar surface area (TPSA) is 85.2 Å². The van der Waals surface area contributed by atoms with Gasteiger partial charge in [0.05, 0.1) is 19.8 Å². The Kier molecular flexibility index (Phi) is 4.57. The van der Waals surface area contributed by atoms with Crippen LogP contribution in [-0.2, 0) is 19.0 Å². The fourth-order valence-corrected chi connectivity index (χ4v) is 2.38. The molecule has 6 nitrogen and oxygen atoms in total. The molecule has 108 valence electrons. The van der Waals surface area contributed by atoms with E-state index in [0.717, 1.165) is 6.42 Å². The Labute approximate surface area is 112 Å². The predicted octanol–water partition coefficient (Wildman–Crippen LogP) is 0.125. The zero-order valence-electron chi connectivity index (χ0n) is 11.0. The monoisotopic (exact) mass is 272 g/mol. The molecule has 0 saturated carbocycles. The smallest absolute Gasteiger partial charge is 0.333 e. The van der Waals surface area contributed by atoms with E-state index in [4.69, 9.17) is 19.3 Å². The normalized spacial score (nSPS) is 32.2. The van der Waals surface area contributed by atoms with Crippen LogP contribution in [0.1, 0.15) is 26.2 Å². The number of aliphatic hydroxyl groups is 2. The van der Waals surface area contributed by atoms with Crippen molar-refractivity contribution in [3.05, 3.63) is 11.6 Å². The van der Waals surface area contributed by atoms with Crippen LogP contribution in [0.15, 0.2) is 11.6 Å². The average Bonchev–Trinajstić information content (AvgIpc) is 2.82. The lowest BCUT2D eigenvalue weighted by Gasteiger charge is -2.29. The van der Waals surface area contributed by atoms with Crippen LogP contribution in [0.3, 0.4) is 0 Å². The number of hydrogen-bond acceptors (Lipinski definition) is 6. The van der Waals surface area contributed by atoms with Crippen LogP contribution in [0, 0.1) is 0 Å². The first-order valence-corrected chi connectivity index (χ1v) is 6.60. The molecule has 1 saturated heterocycles. The molecule has 6 heteroatoms. The molecule has 3 atom stereocenters. The highest BCUT2D eigenvalue weighted by molar-refractivity contribution is 5.88. The van der Waals surface area contributed by atoms with Crippen molar-refractivity contribution in [2.24, 2.45) is 0 Å². The third-order valence-corrected chi connectivity index (χ3v) is 3.36. The van der Waals surface area contributed by atoms with Crippen LogP contribution < -0.4 is 0 Å². The summed E-state index contributed by atoms with van der Waals surface area (Å²) in [5, 5.41) is 18.5. The van der Waals surface area contributed by atoms with Gasteiger partial charge in [-0.1, -0.05) is 0 Å². The third-order valence-electron chi connectivity index (χ3n) is 3.36. The molecular formula is C13H20O6. The van der Waals surface area contributed by atoms with Gasteiger partial charge in [0.1, 0.15) is 12.2 Å². The van der Waals surface area contributed by atoms with E-state index in [-0.39, 0.29) is 19.2 Å². The molecule has 2 N–H and O–H groups in total. The molecule has 2 aliphatic rings. The van der Waals surface area contributed by atoms with Gasteiger partial charge < -0.3 is 24.4 Å². The van der Waals surface area contributed by atoms with Crippen molar-refractivity contribution in [1.82, 2.24) is 0 Å². The van der Waals surface area contributed by atoms with Crippen LogP contribution in [0.5, 0.6) is 0 Å². The van der Waals surface area contributed by atoms with Crippen LogP contribution in [0.2, 0.25) is 0 Å². The second kappa shape index (κ2) is 6.00. The second-order valence-corrected chi connectivity index (χ2v) is 4.77. The van der Waals surface area contributed by atoms with Gasteiger partial charge in [0.25, 0.3) is 0 Å². The summed E-state index contributed by atoms with van der Waals surface area (Å²) >= 11 is 0. The second-order valence-electron chi connectivity index (χ2n) is 4.77. The number of aliphatic hydroxyl groups excluding tert-OH is 2. The van der Waals surface area contributed by atoms with Crippen LogP contribution in [0.25, 0.3) is 0 Å². The fourth-order valence-electron chi connectivity index (χ4n) is 2.38. The van der Waals surface area contributed by atoms with E-state index in [0.29, 0.717) is 25.0 Å². The molecular weight excluding hydrogens is 252 g/mol. The summed E-state index contributed by atoms with van der Waals surface area (Å²) in [6, 6.07) is 0. The Morgan fingerprint density at radius 1 is 1.68 bits per heavy atom. The van der Waals surface area contributed by atoms with Crippen molar-refractivity contribution in [3.8, 4) is 0 Å². The number of carbonyl (C=O) groups excluding carboxylic acids is 1. The molecule has 1 fully saturated rings. The number of hydrogen-bond donors (Lipinski definition) is 2.